The summed E-state index contributed by atoms with van der Waals surface area (Å²) in [6.07, 6.45) is 0. The molecule has 0 saturated heterocycles. The Balaban J connectivity index is 2.43. The summed E-state index contributed by atoms with van der Waals surface area (Å²) in [6, 6.07) is 15.0. The Labute approximate surface area is 189 Å². The van der Waals surface area contributed by atoms with Crippen molar-refractivity contribution in [3.63, 3.8) is 0 Å². The predicted molar refractivity (Wildman–Crippen MR) is 118 cm³/mol. The lowest BCUT2D eigenvalue weighted by Gasteiger charge is -2.36. The molecule has 1 aliphatic heterocycles. The molecule has 0 amide bonds. The second-order valence-electron chi connectivity index (χ2n) is 7.14. The minimum Gasteiger partial charge on any atom is -0.478 e. The smallest absolute Gasteiger partial charge is 0.355 e. The molecule has 0 bridgehead atoms. The van der Waals surface area contributed by atoms with Gasteiger partial charge in [0.1, 0.15) is 11.5 Å². The topological polar surface area (TPSA) is 143 Å². The predicted octanol–water partition coefficient (Wildman–Crippen LogP) is 2.59. The van der Waals surface area contributed by atoms with Crippen LogP contribution in [0, 0.1) is 18.3 Å². The quantitative estimate of drug-likeness (QED) is 0.661. The molecule has 9 nitrogen and oxygen atoms in total. The van der Waals surface area contributed by atoms with Crippen LogP contribution < -0.4 is 10.6 Å². The number of aromatic carboxylic acids is 1. The van der Waals surface area contributed by atoms with Crippen LogP contribution in [0.4, 0.5) is 5.69 Å². The molecule has 33 heavy (non-hydrogen) atoms. The summed E-state index contributed by atoms with van der Waals surface area (Å²) >= 11 is 0. The van der Waals surface area contributed by atoms with Crippen molar-refractivity contribution in [2.24, 2.45) is 5.73 Å². The summed E-state index contributed by atoms with van der Waals surface area (Å²) in [5.41, 5.74) is 7.10. The van der Waals surface area contributed by atoms with Gasteiger partial charge < -0.3 is 20.3 Å². The van der Waals surface area contributed by atoms with Crippen molar-refractivity contribution in [2.45, 2.75) is 12.8 Å². The lowest BCUT2D eigenvalue weighted by molar-refractivity contribution is -0.139. The van der Waals surface area contributed by atoms with Gasteiger partial charge in [-0.25, -0.2) is 14.4 Å². The van der Waals surface area contributed by atoms with Gasteiger partial charge in [-0.3, -0.25) is 4.90 Å². The fraction of sp³-hybridized carbons (Fsp3) is 0.167. The number of nitrogens with zero attached hydrogens (tertiary/aromatic N) is 2. The number of methoxy groups -OCH3 is 2. The van der Waals surface area contributed by atoms with E-state index in [0.29, 0.717) is 11.1 Å². The zero-order chi connectivity index (χ0) is 24.3. The highest BCUT2D eigenvalue weighted by atomic mass is 16.5. The zero-order valence-corrected chi connectivity index (χ0v) is 18.2. The van der Waals surface area contributed by atoms with Gasteiger partial charge in [0.05, 0.1) is 42.9 Å². The zero-order valence-electron chi connectivity index (χ0n) is 18.2. The number of rotatable bonds is 5. The molecule has 1 atom stereocenters. The van der Waals surface area contributed by atoms with Gasteiger partial charge in [0.15, 0.2) is 0 Å². The Morgan fingerprint density at radius 2 is 1.70 bits per heavy atom. The van der Waals surface area contributed by atoms with Gasteiger partial charge in [0, 0.05) is 5.69 Å². The molecule has 2 aromatic carbocycles. The normalized spacial score (nSPS) is 15.7. The minimum atomic E-state index is -1.19. The average Bonchev–Trinajstić information content (AvgIpc) is 2.83. The number of esters is 2. The molecule has 9 heteroatoms. The number of carboxylic acids is 1. The largest absolute Gasteiger partial charge is 0.478 e. The number of benzene rings is 2. The number of allylic oxidation sites excluding steroid dienone is 1. The minimum absolute atomic E-state index is 0.00768. The number of hydrogen-bond donors (Lipinski definition) is 2. The van der Waals surface area contributed by atoms with E-state index >= 15 is 0 Å². The van der Waals surface area contributed by atoms with Gasteiger partial charge in [0.25, 0.3) is 0 Å². The second-order valence-corrected chi connectivity index (χ2v) is 7.14. The molecular weight excluding hydrogens is 426 g/mol. The van der Waals surface area contributed by atoms with E-state index < -0.39 is 23.8 Å². The maximum atomic E-state index is 13.0. The summed E-state index contributed by atoms with van der Waals surface area (Å²) in [7, 11) is 2.29. The molecule has 0 aromatic heterocycles. The number of nitrogens with two attached hydrogens (primary N) is 1. The highest BCUT2D eigenvalue weighted by Gasteiger charge is 2.43. The van der Waals surface area contributed by atoms with Crippen LogP contribution in [0.1, 0.15) is 27.4 Å². The molecule has 2 aromatic rings. The van der Waals surface area contributed by atoms with E-state index in [0.717, 1.165) is 19.1 Å². The fourth-order valence-electron chi connectivity index (χ4n) is 3.76. The monoisotopic (exact) mass is 447 g/mol. The summed E-state index contributed by atoms with van der Waals surface area (Å²) in [5.74, 6) is -4.10. The number of hydrogen-bond acceptors (Lipinski definition) is 8. The van der Waals surface area contributed by atoms with E-state index in [9.17, 15) is 24.8 Å². The van der Waals surface area contributed by atoms with Crippen molar-refractivity contribution in [3.8, 4) is 6.07 Å². The first kappa shape index (κ1) is 23.1. The standard InChI is InChI=1S/C24H21N3O6/c1-13-9-10-15(11-16(13)22(28)29)27-20(24(31)33-3)19(23(30)32-2)18(17(12-25)21(27)26)14-7-5-4-6-8-14/h4-11,18H,26H2,1-3H3,(H,28,29). The number of aryl methyl sites for hydroxylation is 1. The van der Waals surface area contributed by atoms with Crippen molar-refractivity contribution in [2.75, 3.05) is 19.1 Å². The Morgan fingerprint density at radius 1 is 1.06 bits per heavy atom. The third kappa shape index (κ3) is 4.02. The van der Waals surface area contributed by atoms with Crippen LogP contribution in [-0.2, 0) is 19.1 Å². The molecule has 0 saturated carbocycles. The molecule has 0 spiro atoms. The molecule has 0 aliphatic carbocycles. The van der Waals surface area contributed by atoms with E-state index in [-0.39, 0.29) is 33.9 Å². The van der Waals surface area contributed by atoms with E-state index in [2.05, 4.69) is 0 Å². The van der Waals surface area contributed by atoms with E-state index in [1.165, 1.54) is 18.2 Å². The maximum Gasteiger partial charge on any atom is 0.355 e. The van der Waals surface area contributed by atoms with Crippen molar-refractivity contribution < 1.29 is 29.0 Å². The molecular formula is C24H21N3O6. The highest BCUT2D eigenvalue weighted by molar-refractivity contribution is 6.06. The van der Waals surface area contributed by atoms with Gasteiger partial charge in [-0.05, 0) is 30.2 Å². The average molecular weight is 447 g/mol. The lowest BCUT2D eigenvalue weighted by Crippen LogP contribution is -2.40. The third-order valence-corrected chi connectivity index (χ3v) is 5.32. The SMILES string of the molecule is COC(=O)C1=C(C(=O)OC)N(c2ccc(C)c(C(=O)O)c2)C(N)=C(C#N)C1c1ccccc1. The second kappa shape index (κ2) is 9.28. The summed E-state index contributed by atoms with van der Waals surface area (Å²) in [4.78, 5) is 38.8. The van der Waals surface area contributed by atoms with Crippen LogP contribution in [0.25, 0.3) is 0 Å². The lowest BCUT2D eigenvalue weighted by atomic mass is 9.81. The van der Waals surface area contributed by atoms with Gasteiger partial charge in [0.2, 0.25) is 0 Å². The molecule has 0 fully saturated rings. The number of carboxylic acid groups (broad SMARTS) is 1. The van der Waals surface area contributed by atoms with Crippen LogP contribution in [-0.4, -0.2) is 37.2 Å². The first-order valence-electron chi connectivity index (χ1n) is 9.76. The third-order valence-electron chi connectivity index (χ3n) is 5.32. The Morgan fingerprint density at radius 3 is 2.24 bits per heavy atom. The van der Waals surface area contributed by atoms with Crippen LogP contribution in [0.15, 0.2) is 71.2 Å². The molecule has 3 rings (SSSR count). The number of ether oxygens (including phenoxy) is 2. The van der Waals surface area contributed by atoms with Crippen LogP contribution in [0.2, 0.25) is 0 Å². The summed E-state index contributed by atoms with van der Waals surface area (Å²) in [6.45, 7) is 1.62. The van der Waals surface area contributed by atoms with Crippen LogP contribution in [0.5, 0.6) is 0 Å². The van der Waals surface area contributed by atoms with Crippen LogP contribution in [0.3, 0.4) is 0 Å². The Hall–Kier alpha value is -4.58. The first-order chi connectivity index (χ1) is 15.8. The Bertz CT molecular complexity index is 1240. The van der Waals surface area contributed by atoms with Crippen molar-refractivity contribution in [1.29, 1.82) is 5.26 Å². The summed E-state index contributed by atoms with van der Waals surface area (Å²) < 4.78 is 9.91. The molecule has 168 valence electrons. The number of nitriles is 1. The van der Waals surface area contributed by atoms with E-state index in [1.54, 1.807) is 37.3 Å². The maximum absolute atomic E-state index is 13.0. The molecule has 3 N–H and O–H groups in total. The Kier molecular flexibility index (Phi) is 6.49. The van der Waals surface area contributed by atoms with Gasteiger partial charge in [-0.1, -0.05) is 36.4 Å². The van der Waals surface area contributed by atoms with Crippen LogP contribution >= 0.6 is 0 Å². The van der Waals surface area contributed by atoms with Gasteiger partial charge >= 0.3 is 17.9 Å². The highest BCUT2D eigenvalue weighted by Crippen LogP contribution is 2.43. The molecule has 0 radical (unpaired) electrons. The number of carbonyl (C=O) groups excluding carboxylic acids is 2. The van der Waals surface area contributed by atoms with Crippen molar-refractivity contribution in [3.05, 3.63) is 87.9 Å². The fourth-order valence-corrected chi connectivity index (χ4v) is 3.76. The molecule has 1 aliphatic rings. The van der Waals surface area contributed by atoms with Crippen molar-refractivity contribution in [1.82, 2.24) is 0 Å². The number of anilines is 1. The van der Waals surface area contributed by atoms with Crippen molar-refractivity contribution >= 4 is 23.6 Å². The molecule has 1 heterocycles. The van der Waals surface area contributed by atoms with Gasteiger partial charge in [-0.15, -0.1) is 0 Å². The van der Waals surface area contributed by atoms with E-state index in [1.807, 2.05) is 6.07 Å². The van der Waals surface area contributed by atoms with Gasteiger partial charge in [-0.2, -0.15) is 5.26 Å². The van der Waals surface area contributed by atoms with E-state index in [4.69, 9.17) is 15.2 Å². The summed E-state index contributed by atoms with van der Waals surface area (Å²) in [5, 5.41) is 19.6. The first-order valence-corrected chi connectivity index (χ1v) is 9.76. The number of carbonyl (C=O) groups is 3. The molecule has 1 unspecified atom stereocenters.